The lowest BCUT2D eigenvalue weighted by Gasteiger charge is -2.10. The number of aliphatic hydroxyl groups is 4. The first kappa shape index (κ1) is 14.3. The van der Waals surface area contributed by atoms with Gasteiger partial charge in [0, 0.05) is 0 Å². The smallest absolute Gasteiger partial charge is 0.100 e. The first-order valence-electron chi connectivity index (χ1n) is 3.36. The Morgan fingerprint density at radius 2 is 1.25 bits per heavy atom. The molecule has 0 saturated heterocycles. The predicted molar refractivity (Wildman–Crippen MR) is 43.7 cm³/mol. The van der Waals surface area contributed by atoms with Crippen molar-refractivity contribution in [3.63, 3.8) is 0 Å². The molecule has 0 heterocycles. The summed E-state index contributed by atoms with van der Waals surface area (Å²) in [6.45, 7) is -0.800. The highest BCUT2D eigenvalue weighted by Crippen LogP contribution is 1.87. The van der Waals surface area contributed by atoms with Crippen LogP contribution in [0.1, 0.15) is 7.43 Å². The van der Waals surface area contributed by atoms with Gasteiger partial charge in [-0.15, -0.1) is 0 Å². The Morgan fingerprint density at radius 1 is 0.917 bits per heavy atom. The van der Waals surface area contributed by atoms with Gasteiger partial charge in [0.15, 0.2) is 0 Å². The summed E-state index contributed by atoms with van der Waals surface area (Å²) in [5, 5.41) is 34.1. The van der Waals surface area contributed by atoms with Crippen LogP contribution in [-0.4, -0.2) is 59.1 Å². The molecular weight excluding hydrogens is 164 g/mol. The van der Waals surface area contributed by atoms with E-state index in [1.807, 2.05) is 0 Å². The zero-order valence-corrected chi connectivity index (χ0v) is 6.18. The van der Waals surface area contributed by atoms with Crippen LogP contribution in [-0.2, 0) is 4.74 Å². The standard InChI is InChI=1S/C6H14O5.CH4/c7-1-5(9)3-11-4-6(10)2-8;/h5-10H,1-4H2;1H4. The van der Waals surface area contributed by atoms with Gasteiger partial charge in [-0.25, -0.2) is 0 Å². The average Bonchev–Trinajstić information content (AvgIpc) is 2.04. The van der Waals surface area contributed by atoms with Gasteiger partial charge >= 0.3 is 0 Å². The number of aliphatic hydroxyl groups excluding tert-OH is 4. The van der Waals surface area contributed by atoms with Gasteiger partial charge in [-0.1, -0.05) is 7.43 Å². The Morgan fingerprint density at radius 3 is 1.50 bits per heavy atom. The fourth-order valence-electron chi connectivity index (χ4n) is 0.446. The van der Waals surface area contributed by atoms with Crippen LogP contribution in [0.5, 0.6) is 0 Å². The number of hydrogen-bond acceptors (Lipinski definition) is 5. The molecule has 0 aliphatic carbocycles. The van der Waals surface area contributed by atoms with E-state index in [2.05, 4.69) is 0 Å². The minimum absolute atomic E-state index is 0. The van der Waals surface area contributed by atoms with E-state index in [-0.39, 0.29) is 33.9 Å². The first-order valence-corrected chi connectivity index (χ1v) is 3.36. The van der Waals surface area contributed by atoms with Gasteiger partial charge in [0.05, 0.1) is 26.4 Å². The maximum absolute atomic E-state index is 8.72. The second-order valence-corrected chi connectivity index (χ2v) is 2.21. The van der Waals surface area contributed by atoms with Gasteiger partial charge in [-0.3, -0.25) is 0 Å². The maximum atomic E-state index is 8.72. The van der Waals surface area contributed by atoms with Gasteiger partial charge in [0.1, 0.15) is 12.2 Å². The molecule has 0 amide bonds. The van der Waals surface area contributed by atoms with Gasteiger partial charge < -0.3 is 25.2 Å². The third kappa shape index (κ3) is 7.90. The Kier molecular flexibility index (Phi) is 10.6. The molecule has 0 aromatic heterocycles. The molecule has 0 saturated carbocycles. The summed E-state index contributed by atoms with van der Waals surface area (Å²) in [5.41, 5.74) is 0. The minimum Gasteiger partial charge on any atom is -0.394 e. The van der Waals surface area contributed by atoms with Crippen molar-refractivity contribution in [3.8, 4) is 0 Å². The Hall–Kier alpha value is -0.200. The van der Waals surface area contributed by atoms with Gasteiger partial charge in [-0.2, -0.15) is 0 Å². The topological polar surface area (TPSA) is 90.2 Å². The first-order chi connectivity index (χ1) is 5.20. The predicted octanol–water partition coefficient (Wildman–Crippen LogP) is -1.65. The van der Waals surface area contributed by atoms with E-state index < -0.39 is 12.2 Å². The SMILES string of the molecule is C.OCC(O)COCC(O)CO. The summed E-state index contributed by atoms with van der Waals surface area (Å²) in [4.78, 5) is 0. The summed E-state index contributed by atoms with van der Waals surface area (Å²) in [7, 11) is 0. The van der Waals surface area contributed by atoms with E-state index in [4.69, 9.17) is 25.2 Å². The molecule has 5 heteroatoms. The van der Waals surface area contributed by atoms with Crippen LogP contribution in [0.25, 0.3) is 0 Å². The third-order valence-corrected chi connectivity index (χ3v) is 1.04. The second-order valence-electron chi connectivity index (χ2n) is 2.21. The third-order valence-electron chi connectivity index (χ3n) is 1.04. The average molecular weight is 182 g/mol. The second kappa shape index (κ2) is 8.89. The van der Waals surface area contributed by atoms with Crippen LogP contribution in [0, 0.1) is 0 Å². The van der Waals surface area contributed by atoms with Crippen LogP contribution in [0.2, 0.25) is 0 Å². The van der Waals surface area contributed by atoms with Gasteiger partial charge in [0.25, 0.3) is 0 Å². The molecule has 0 aromatic rings. The summed E-state index contributed by atoms with van der Waals surface area (Å²) in [6.07, 6.45) is -1.83. The zero-order valence-electron chi connectivity index (χ0n) is 6.18. The summed E-state index contributed by atoms with van der Waals surface area (Å²) < 4.78 is 4.72. The lowest BCUT2D eigenvalue weighted by molar-refractivity contribution is -0.0364. The number of rotatable bonds is 6. The van der Waals surface area contributed by atoms with E-state index in [0.717, 1.165) is 0 Å². The normalized spacial score (nSPS) is 15.0. The molecule has 2 atom stereocenters. The molecule has 0 radical (unpaired) electrons. The molecule has 2 unspecified atom stereocenters. The van der Waals surface area contributed by atoms with Crippen molar-refractivity contribution in [1.82, 2.24) is 0 Å². The van der Waals surface area contributed by atoms with Crippen molar-refractivity contribution in [1.29, 1.82) is 0 Å². The van der Waals surface area contributed by atoms with Crippen molar-refractivity contribution >= 4 is 0 Å². The lowest BCUT2D eigenvalue weighted by atomic mass is 10.4. The molecule has 0 bridgehead atoms. The quantitative estimate of drug-likeness (QED) is 0.395. The number of hydrogen-bond donors (Lipinski definition) is 4. The molecule has 4 N–H and O–H groups in total. The molecule has 0 aliphatic heterocycles. The molecule has 0 aromatic carbocycles. The van der Waals surface area contributed by atoms with Crippen LogP contribution in [0.3, 0.4) is 0 Å². The molecule has 5 nitrogen and oxygen atoms in total. The van der Waals surface area contributed by atoms with Gasteiger partial charge in [0.2, 0.25) is 0 Å². The maximum Gasteiger partial charge on any atom is 0.100 e. The highest BCUT2D eigenvalue weighted by Gasteiger charge is 2.04. The van der Waals surface area contributed by atoms with Gasteiger partial charge in [-0.05, 0) is 0 Å². The van der Waals surface area contributed by atoms with Crippen molar-refractivity contribution < 1.29 is 25.2 Å². The van der Waals surface area contributed by atoms with Crippen LogP contribution in [0.15, 0.2) is 0 Å². The van der Waals surface area contributed by atoms with E-state index in [1.54, 1.807) is 0 Å². The fourth-order valence-corrected chi connectivity index (χ4v) is 0.446. The highest BCUT2D eigenvalue weighted by molar-refractivity contribution is 4.52. The zero-order chi connectivity index (χ0) is 8.69. The van der Waals surface area contributed by atoms with Crippen molar-refractivity contribution in [2.75, 3.05) is 26.4 Å². The fraction of sp³-hybridized carbons (Fsp3) is 1.00. The number of ether oxygens (including phenoxy) is 1. The molecule has 0 aliphatic rings. The highest BCUT2D eigenvalue weighted by atomic mass is 16.5. The molecule has 0 rings (SSSR count). The largest absolute Gasteiger partial charge is 0.394 e. The minimum atomic E-state index is -0.916. The van der Waals surface area contributed by atoms with E-state index in [9.17, 15) is 0 Å². The van der Waals surface area contributed by atoms with Crippen LogP contribution < -0.4 is 0 Å². The Bertz CT molecular complexity index is 77.9. The van der Waals surface area contributed by atoms with Crippen LogP contribution >= 0.6 is 0 Å². The Labute approximate surface area is 72.2 Å². The van der Waals surface area contributed by atoms with Crippen molar-refractivity contribution in [3.05, 3.63) is 0 Å². The molecule has 0 spiro atoms. The molecular formula is C7H18O5. The monoisotopic (exact) mass is 182 g/mol. The Balaban J connectivity index is 0. The van der Waals surface area contributed by atoms with Crippen molar-refractivity contribution in [2.24, 2.45) is 0 Å². The summed E-state index contributed by atoms with van der Waals surface area (Å²) in [6, 6.07) is 0. The van der Waals surface area contributed by atoms with E-state index in [0.29, 0.717) is 0 Å². The molecule has 76 valence electrons. The van der Waals surface area contributed by atoms with E-state index in [1.165, 1.54) is 0 Å². The van der Waals surface area contributed by atoms with Crippen LogP contribution in [0.4, 0.5) is 0 Å². The summed E-state index contributed by atoms with van der Waals surface area (Å²) >= 11 is 0. The molecule has 0 fully saturated rings. The molecule has 12 heavy (non-hydrogen) atoms. The lowest BCUT2D eigenvalue weighted by Crippen LogP contribution is -2.25. The summed E-state index contributed by atoms with van der Waals surface area (Å²) in [5.74, 6) is 0. The van der Waals surface area contributed by atoms with Crippen molar-refractivity contribution in [2.45, 2.75) is 19.6 Å². The van der Waals surface area contributed by atoms with E-state index >= 15 is 0 Å².